The largest absolute Gasteiger partial charge is 0.250 e. The van der Waals surface area contributed by atoms with Gasteiger partial charge in [0, 0.05) is 12.2 Å². The zero-order valence-corrected chi connectivity index (χ0v) is 9.24. The molecular weight excluding hydrogens is 218 g/mol. The van der Waals surface area contributed by atoms with Gasteiger partial charge in [-0.1, -0.05) is 28.1 Å². The van der Waals surface area contributed by atoms with Gasteiger partial charge in [0.25, 0.3) is 0 Å². The lowest BCUT2D eigenvalue weighted by Crippen LogP contribution is -2.00. The first kappa shape index (κ1) is 9.71. The van der Waals surface area contributed by atoms with Crippen LogP contribution in [0.4, 0.5) is 0 Å². The normalized spacial score (nSPS) is 13.8. The van der Waals surface area contributed by atoms with Gasteiger partial charge in [-0.05, 0) is 20.3 Å². The SMILES string of the molecule is CCC(Br)c1cn(C(C)C)nn1. The minimum Gasteiger partial charge on any atom is -0.250 e. The summed E-state index contributed by atoms with van der Waals surface area (Å²) in [5.74, 6) is 0. The number of alkyl halides is 1. The highest BCUT2D eigenvalue weighted by Gasteiger charge is 2.10. The molecule has 0 fully saturated rings. The monoisotopic (exact) mass is 231 g/mol. The second kappa shape index (κ2) is 4.03. The fourth-order valence-electron chi connectivity index (χ4n) is 0.895. The van der Waals surface area contributed by atoms with E-state index < -0.39 is 0 Å². The van der Waals surface area contributed by atoms with Crippen molar-refractivity contribution in [1.29, 1.82) is 0 Å². The Morgan fingerprint density at radius 2 is 2.25 bits per heavy atom. The first-order valence-corrected chi connectivity index (χ1v) is 5.12. The lowest BCUT2D eigenvalue weighted by Gasteiger charge is -2.02. The van der Waals surface area contributed by atoms with Crippen LogP contribution in [0.2, 0.25) is 0 Å². The highest BCUT2D eigenvalue weighted by Crippen LogP contribution is 2.23. The Morgan fingerprint density at radius 3 is 2.67 bits per heavy atom. The third kappa shape index (κ3) is 2.06. The van der Waals surface area contributed by atoms with Crippen molar-refractivity contribution >= 4 is 15.9 Å². The molecule has 0 aromatic carbocycles. The second-order valence-corrected chi connectivity index (χ2v) is 4.20. The average Bonchev–Trinajstić information content (AvgIpc) is 2.51. The molecule has 0 saturated carbocycles. The number of nitrogens with zero attached hydrogens (tertiary/aromatic N) is 3. The predicted octanol–water partition coefficient (Wildman–Crippen LogP) is 2.71. The van der Waals surface area contributed by atoms with Crippen LogP contribution >= 0.6 is 15.9 Å². The fourth-order valence-corrected chi connectivity index (χ4v) is 1.11. The topological polar surface area (TPSA) is 30.7 Å². The van der Waals surface area contributed by atoms with Crippen molar-refractivity contribution in [3.8, 4) is 0 Å². The van der Waals surface area contributed by atoms with Crippen LogP contribution in [0.3, 0.4) is 0 Å². The van der Waals surface area contributed by atoms with Gasteiger partial charge in [0.2, 0.25) is 0 Å². The molecule has 12 heavy (non-hydrogen) atoms. The molecule has 0 aliphatic carbocycles. The first-order valence-electron chi connectivity index (χ1n) is 4.21. The van der Waals surface area contributed by atoms with E-state index in [-0.39, 0.29) is 0 Å². The summed E-state index contributed by atoms with van der Waals surface area (Å²) < 4.78 is 1.87. The maximum atomic E-state index is 4.07. The van der Waals surface area contributed by atoms with Crippen LogP contribution in [0.25, 0.3) is 0 Å². The van der Waals surface area contributed by atoms with E-state index in [1.165, 1.54) is 0 Å². The summed E-state index contributed by atoms with van der Waals surface area (Å²) in [4.78, 5) is 0.338. The van der Waals surface area contributed by atoms with E-state index in [4.69, 9.17) is 0 Å². The van der Waals surface area contributed by atoms with Crippen molar-refractivity contribution in [3.63, 3.8) is 0 Å². The van der Waals surface area contributed by atoms with Gasteiger partial charge in [-0.3, -0.25) is 0 Å². The second-order valence-electron chi connectivity index (χ2n) is 3.09. The lowest BCUT2D eigenvalue weighted by molar-refractivity contribution is 0.514. The van der Waals surface area contributed by atoms with E-state index in [1.807, 2.05) is 10.9 Å². The molecule has 68 valence electrons. The number of hydrogen-bond acceptors (Lipinski definition) is 2. The summed E-state index contributed by atoms with van der Waals surface area (Å²) in [5, 5.41) is 8.10. The molecule has 0 aliphatic heterocycles. The van der Waals surface area contributed by atoms with Crippen molar-refractivity contribution < 1.29 is 0 Å². The first-order chi connectivity index (χ1) is 5.65. The number of rotatable bonds is 3. The number of halogens is 1. The van der Waals surface area contributed by atoms with E-state index in [2.05, 4.69) is 47.0 Å². The smallest absolute Gasteiger partial charge is 0.0963 e. The highest BCUT2D eigenvalue weighted by molar-refractivity contribution is 9.09. The molecule has 3 nitrogen and oxygen atoms in total. The maximum Gasteiger partial charge on any atom is 0.0963 e. The van der Waals surface area contributed by atoms with E-state index in [0.717, 1.165) is 12.1 Å². The van der Waals surface area contributed by atoms with Crippen LogP contribution in [0.15, 0.2) is 6.20 Å². The Bertz CT molecular complexity index is 244. The van der Waals surface area contributed by atoms with Crippen molar-refractivity contribution in [2.45, 2.75) is 38.1 Å². The van der Waals surface area contributed by atoms with Crippen LogP contribution in [-0.2, 0) is 0 Å². The van der Waals surface area contributed by atoms with Gasteiger partial charge in [0.15, 0.2) is 0 Å². The minimum absolute atomic E-state index is 0.338. The Hall–Kier alpha value is -0.380. The molecule has 1 aromatic rings. The molecule has 0 aliphatic rings. The summed E-state index contributed by atoms with van der Waals surface area (Å²) in [5.41, 5.74) is 1.02. The fraction of sp³-hybridized carbons (Fsp3) is 0.750. The third-order valence-electron chi connectivity index (χ3n) is 1.74. The molecule has 1 aromatic heterocycles. The van der Waals surface area contributed by atoms with Crippen LogP contribution in [0, 0.1) is 0 Å². The molecule has 0 amide bonds. The zero-order chi connectivity index (χ0) is 9.14. The molecule has 1 atom stereocenters. The van der Waals surface area contributed by atoms with E-state index in [9.17, 15) is 0 Å². The maximum absolute atomic E-state index is 4.07. The Morgan fingerprint density at radius 1 is 1.58 bits per heavy atom. The van der Waals surface area contributed by atoms with E-state index >= 15 is 0 Å². The molecular formula is C8H14BrN3. The Kier molecular flexibility index (Phi) is 3.26. The van der Waals surface area contributed by atoms with Crippen LogP contribution in [0.1, 0.15) is 43.8 Å². The molecule has 0 radical (unpaired) electrons. The zero-order valence-electron chi connectivity index (χ0n) is 7.66. The quantitative estimate of drug-likeness (QED) is 0.750. The predicted molar refractivity (Wildman–Crippen MR) is 52.4 cm³/mol. The standard InChI is InChI=1S/C8H14BrN3/c1-4-7(9)8-5-12(6(2)3)11-10-8/h5-7H,4H2,1-3H3. The molecule has 1 heterocycles. The number of aromatic nitrogens is 3. The van der Waals surface area contributed by atoms with Gasteiger partial charge in [0.1, 0.15) is 0 Å². The van der Waals surface area contributed by atoms with Gasteiger partial charge in [-0.2, -0.15) is 0 Å². The molecule has 0 N–H and O–H groups in total. The van der Waals surface area contributed by atoms with Crippen molar-refractivity contribution in [1.82, 2.24) is 15.0 Å². The van der Waals surface area contributed by atoms with Crippen molar-refractivity contribution in [2.75, 3.05) is 0 Å². The van der Waals surface area contributed by atoms with Crippen LogP contribution < -0.4 is 0 Å². The summed E-state index contributed by atoms with van der Waals surface area (Å²) in [7, 11) is 0. The number of hydrogen-bond donors (Lipinski definition) is 0. The van der Waals surface area contributed by atoms with Gasteiger partial charge < -0.3 is 0 Å². The van der Waals surface area contributed by atoms with E-state index in [0.29, 0.717) is 10.9 Å². The van der Waals surface area contributed by atoms with Crippen LogP contribution in [0.5, 0.6) is 0 Å². The average molecular weight is 232 g/mol. The molecule has 0 spiro atoms. The van der Waals surface area contributed by atoms with Crippen molar-refractivity contribution in [3.05, 3.63) is 11.9 Å². The summed E-state index contributed by atoms with van der Waals surface area (Å²) in [6, 6.07) is 0.391. The van der Waals surface area contributed by atoms with E-state index in [1.54, 1.807) is 0 Å². The van der Waals surface area contributed by atoms with Crippen molar-refractivity contribution in [2.24, 2.45) is 0 Å². The van der Waals surface area contributed by atoms with Gasteiger partial charge in [-0.25, -0.2) is 4.68 Å². The Labute approximate surface area is 81.3 Å². The third-order valence-corrected chi connectivity index (χ3v) is 2.85. The Balaban J connectivity index is 2.77. The lowest BCUT2D eigenvalue weighted by atomic mass is 10.3. The molecule has 1 unspecified atom stereocenters. The van der Waals surface area contributed by atoms with Gasteiger partial charge >= 0.3 is 0 Å². The van der Waals surface area contributed by atoms with Gasteiger partial charge in [-0.15, -0.1) is 5.10 Å². The summed E-state index contributed by atoms with van der Waals surface area (Å²) in [6.07, 6.45) is 3.03. The molecule has 0 bridgehead atoms. The van der Waals surface area contributed by atoms with Crippen LogP contribution in [-0.4, -0.2) is 15.0 Å². The minimum atomic E-state index is 0.338. The molecule has 0 saturated heterocycles. The molecule has 1 rings (SSSR count). The highest BCUT2D eigenvalue weighted by atomic mass is 79.9. The summed E-state index contributed by atoms with van der Waals surface area (Å²) >= 11 is 3.53. The summed E-state index contributed by atoms with van der Waals surface area (Å²) in [6.45, 7) is 6.30. The molecule has 4 heteroatoms. The van der Waals surface area contributed by atoms with Gasteiger partial charge in [0.05, 0.1) is 10.5 Å².